The largest absolute Gasteiger partial charge is 0.462 e. The molecule has 7 heteroatoms. The van der Waals surface area contributed by atoms with Crippen LogP contribution >= 0.6 is 0 Å². The first kappa shape index (κ1) is 23.6. The lowest BCUT2D eigenvalue weighted by Gasteiger charge is -2.21. The van der Waals surface area contributed by atoms with Crippen LogP contribution in [-0.2, 0) is 19.0 Å². The Hall–Kier alpha value is -2.41. The fourth-order valence-electron chi connectivity index (χ4n) is 2.65. The lowest BCUT2D eigenvalue weighted by molar-refractivity contribution is -0.155. The minimum Gasteiger partial charge on any atom is -0.462 e. The minimum absolute atomic E-state index is 0.196. The normalized spacial score (nSPS) is 12.2. The highest BCUT2D eigenvalue weighted by atomic mass is 16.6. The molecule has 0 radical (unpaired) electrons. The Kier molecular flexibility index (Phi) is 9.12. The van der Waals surface area contributed by atoms with E-state index in [4.69, 9.17) is 14.2 Å². The highest BCUT2D eigenvalue weighted by molar-refractivity contribution is 5.95. The van der Waals surface area contributed by atoms with Crippen LogP contribution in [0.25, 0.3) is 0 Å². The molecule has 0 heterocycles. The van der Waals surface area contributed by atoms with E-state index in [2.05, 4.69) is 5.32 Å². The fraction of sp³-hybridized carbons (Fsp3) is 0.571. The maximum atomic E-state index is 12.2. The Morgan fingerprint density at radius 3 is 1.86 bits per heavy atom. The van der Waals surface area contributed by atoms with Gasteiger partial charge in [0.15, 0.2) is 0 Å². The van der Waals surface area contributed by atoms with E-state index >= 15 is 0 Å². The van der Waals surface area contributed by atoms with Crippen molar-refractivity contribution in [3.8, 4) is 0 Å². The van der Waals surface area contributed by atoms with Gasteiger partial charge >= 0.3 is 17.9 Å². The zero-order valence-electron chi connectivity index (χ0n) is 17.6. The molecule has 0 saturated heterocycles. The summed E-state index contributed by atoms with van der Waals surface area (Å²) in [5.74, 6) is -1.34. The van der Waals surface area contributed by atoms with Gasteiger partial charge < -0.3 is 19.5 Å². The number of esters is 3. The van der Waals surface area contributed by atoms with Crippen molar-refractivity contribution in [2.45, 2.75) is 59.1 Å². The monoisotopic (exact) mass is 393 g/mol. The lowest BCUT2D eigenvalue weighted by atomic mass is 9.97. The highest BCUT2D eigenvalue weighted by Crippen LogP contribution is 2.23. The molecule has 1 unspecified atom stereocenters. The van der Waals surface area contributed by atoms with E-state index in [9.17, 15) is 14.4 Å². The molecule has 0 aromatic heterocycles. The van der Waals surface area contributed by atoms with Gasteiger partial charge in [0.05, 0.1) is 24.3 Å². The molecule has 1 atom stereocenters. The van der Waals surface area contributed by atoms with E-state index in [0.717, 1.165) is 0 Å². The first-order valence-corrected chi connectivity index (χ1v) is 9.49. The van der Waals surface area contributed by atoms with Crippen LogP contribution < -0.4 is 5.32 Å². The quantitative estimate of drug-likeness (QED) is 0.508. The van der Waals surface area contributed by atoms with E-state index < -0.39 is 17.5 Å². The molecule has 0 bridgehead atoms. The number of carbonyl (C=O) groups excluding carboxylic acids is 3. The van der Waals surface area contributed by atoms with E-state index in [1.54, 1.807) is 33.0 Å². The molecular formula is C21H31NO6. The van der Waals surface area contributed by atoms with Crippen LogP contribution in [0, 0.1) is 0 Å². The Bertz CT molecular complexity index is 656. The van der Waals surface area contributed by atoms with Crippen molar-refractivity contribution in [3.63, 3.8) is 0 Å². The molecule has 28 heavy (non-hydrogen) atoms. The van der Waals surface area contributed by atoms with Crippen LogP contribution in [0.1, 0.15) is 79.8 Å². The fourth-order valence-corrected chi connectivity index (χ4v) is 2.65. The zero-order valence-corrected chi connectivity index (χ0v) is 17.6. The average molecular weight is 393 g/mol. The van der Waals surface area contributed by atoms with Crippen LogP contribution in [-0.4, -0.2) is 43.8 Å². The summed E-state index contributed by atoms with van der Waals surface area (Å²) >= 11 is 0. The Morgan fingerprint density at radius 2 is 1.46 bits per heavy atom. The molecule has 0 fully saturated rings. The van der Waals surface area contributed by atoms with Crippen molar-refractivity contribution in [3.05, 3.63) is 34.9 Å². The maximum absolute atomic E-state index is 12.2. The average Bonchev–Trinajstić information content (AvgIpc) is 2.61. The maximum Gasteiger partial charge on any atom is 0.338 e. The third kappa shape index (κ3) is 7.68. The standard InChI is InChI=1S/C21H31NO6/c1-7-26-19(24)15-11-14(12-16(13-15)20(25)27-8-2)17(22-6)9-10-18(23)28-21(3,4)5/h11-13,17,22H,7-10H2,1-6H3. The van der Waals surface area contributed by atoms with Gasteiger partial charge in [0.1, 0.15) is 5.60 Å². The number of rotatable bonds is 9. The van der Waals surface area contributed by atoms with Crippen molar-refractivity contribution < 1.29 is 28.6 Å². The van der Waals surface area contributed by atoms with Crippen LogP contribution in [0.15, 0.2) is 18.2 Å². The SMILES string of the molecule is CCOC(=O)c1cc(C(=O)OCC)cc(C(CCC(=O)OC(C)(C)C)NC)c1. The highest BCUT2D eigenvalue weighted by Gasteiger charge is 2.21. The van der Waals surface area contributed by atoms with Crippen molar-refractivity contribution in [1.29, 1.82) is 0 Å². The molecule has 1 aromatic rings. The van der Waals surface area contributed by atoms with Gasteiger partial charge in [-0.15, -0.1) is 0 Å². The van der Waals surface area contributed by atoms with Gasteiger partial charge in [-0.05, 0) is 71.8 Å². The van der Waals surface area contributed by atoms with Gasteiger partial charge in [-0.3, -0.25) is 4.79 Å². The number of ether oxygens (including phenoxy) is 3. The van der Waals surface area contributed by atoms with E-state index in [1.165, 1.54) is 6.07 Å². The molecule has 0 amide bonds. The summed E-state index contributed by atoms with van der Waals surface area (Å²) in [6, 6.07) is 4.53. The van der Waals surface area contributed by atoms with Crippen LogP contribution in [0.4, 0.5) is 0 Å². The van der Waals surface area contributed by atoms with Gasteiger partial charge in [0.2, 0.25) is 0 Å². The Balaban J connectivity index is 3.10. The third-order valence-electron chi connectivity index (χ3n) is 3.79. The van der Waals surface area contributed by atoms with E-state index in [1.807, 2.05) is 20.8 Å². The second-order valence-electron chi connectivity index (χ2n) is 7.25. The predicted octanol–water partition coefficient (Wildman–Crippen LogP) is 3.42. The molecular weight excluding hydrogens is 362 g/mol. The Morgan fingerprint density at radius 1 is 0.964 bits per heavy atom. The van der Waals surface area contributed by atoms with Crippen molar-refractivity contribution in [2.24, 2.45) is 0 Å². The van der Waals surface area contributed by atoms with Gasteiger partial charge in [0, 0.05) is 12.5 Å². The first-order chi connectivity index (χ1) is 13.1. The first-order valence-electron chi connectivity index (χ1n) is 9.49. The summed E-state index contributed by atoms with van der Waals surface area (Å²) in [5, 5.41) is 3.12. The van der Waals surface area contributed by atoms with Gasteiger partial charge in [-0.2, -0.15) is 0 Å². The smallest absolute Gasteiger partial charge is 0.338 e. The summed E-state index contributed by atoms with van der Waals surface area (Å²) < 4.78 is 15.5. The van der Waals surface area contributed by atoms with Gasteiger partial charge in [0.25, 0.3) is 0 Å². The molecule has 156 valence electrons. The molecule has 0 aliphatic rings. The number of nitrogens with one attached hydrogen (secondary N) is 1. The van der Waals surface area contributed by atoms with Crippen LogP contribution in [0.3, 0.4) is 0 Å². The number of hydrogen-bond acceptors (Lipinski definition) is 7. The van der Waals surface area contributed by atoms with E-state index in [0.29, 0.717) is 12.0 Å². The summed E-state index contributed by atoms with van der Waals surface area (Å²) in [6.45, 7) is 9.33. The molecule has 1 N–H and O–H groups in total. The topological polar surface area (TPSA) is 90.9 Å². The van der Waals surface area contributed by atoms with Gasteiger partial charge in [-0.1, -0.05) is 0 Å². The number of carbonyl (C=O) groups is 3. The zero-order chi connectivity index (χ0) is 21.3. The Labute approximate surface area is 166 Å². The number of benzene rings is 1. The molecule has 0 aliphatic heterocycles. The molecule has 0 spiro atoms. The lowest BCUT2D eigenvalue weighted by Crippen LogP contribution is -2.25. The van der Waals surface area contributed by atoms with Crippen molar-refractivity contribution in [2.75, 3.05) is 20.3 Å². The van der Waals surface area contributed by atoms with E-state index in [-0.39, 0.29) is 42.8 Å². The molecule has 7 nitrogen and oxygen atoms in total. The van der Waals surface area contributed by atoms with Crippen molar-refractivity contribution in [1.82, 2.24) is 5.32 Å². The predicted molar refractivity (Wildman–Crippen MR) is 105 cm³/mol. The molecule has 0 aliphatic carbocycles. The summed E-state index contributed by atoms with van der Waals surface area (Å²) in [5.41, 5.74) is 0.673. The molecule has 0 saturated carbocycles. The van der Waals surface area contributed by atoms with Gasteiger partial charge in [-0.25, -0.2) is 9.59 Å². The summed E-state index contributed by atoms with van der Waals surface area (Å²) in [4.78, 5) is 36.4. The third-order valence-corrected chi connectivity index (χ3v) is 3.79. The van der Waals surface area contributed by atoms with Crippen LogP contribution in [0.5, 0.6) is 0 Å². The number of hydrogen-bond donors (Lipinski definition) is 1. The minimum atomic E-state index is -0.548. The second-order valence-corrected chi connectivity index (χ2v) is 7.25. The van der Waals surface area contributed by atoms with Crippen molar-refractivity contribution >= 4 is 17.9 Å². The van der Waals surface area contributed by atoms with Crippen LogP contribution in [0.2, 0.25) is 0 Å². The summed E-state index contributed by atoms with van der Waals surface area (Å²) in [6.07, 6.45) is 0.640. The molecule has 1 rings (SSSR count). The molecule has 1 aromatic carbocycles. The summed E-state index contributed by atoms with van der Waals surface area (Å²) in [7, 11) is 1.75. The second kappa shape index (κ2) is 10.8.